The third-order valence-corrected chi connectivity index (χ3v) is 2.82. The first-order valence-electron chi connectivity index (χ1n) is 4.24. The van der Waals surface area contributed by atoms with E-state index < -0.39 is 4.92 Å². The van der Waals surface area contributed by atoms with Crippen LogP contribution in [0.2, 0.25) is 0 Å². The van der Waals surface area contributed by atoms with Crippen LogP contribution in [0, 0.1) is 15.2 Å². The van der Waals surface area contributed by atoms with Gasteiger partial charge in [0.05, 0.1) is 15.5 Å². The lowest BCUT2D eigenvalue weighted by Crippen LogP contribution is -1.98. The fourth-order valence-electron chi connectivity index (χ4n) is 1.21. The molecular weight excluding hydrogens is 233 g/mol. The summed E-state index contributed by atoms with van der Waals surface area (Å²) >= 11 is 0.909. The molecule has 0 spiro atoms. The van der Waals surface area contributed by atoms with Crippen LogP contribution in [-0.2, 0) is 0 Å². The summed E-state index contributed by atoms with van der Waals surface area (Å²) in [5, 5.41) is 10.2. The number of halogens is 1. The molecular formula is C9H6FN3O2S. The number of nitrogens with two attached hydrogens (primary N) is 1. The van der Waals surface area contributed by atoms with Crippen molar-refractivity contribution in [2.45, 2.75) is 0 Å². The average molecular weight is 239 g/mol. The van der Waals surface area contributed by atoms with Gasteiger partial charge in [-0.2, -0.15) is 4.39 Å². The molecule has 0 aromatic carbocycles. The van der Waals surface area contributed by atoms with Gasteiger partial charge in [-0.1, -0.05) is 0 Å². The molecule has 0 aliphatic rings. The van der Waals surface area contributed by atoms with E-state index in [0.29, 0.717) is 10.6 Å². The van der Waals surface area contributed by atoms with Crippen molar-refractivity contribution in [3.05, 3.63) is 39.5 Å². The highest BCUT2D eigenvalue weighted by atomic mass is 32.1. The minimum atomic E-state index is -0.610. The van der Waals surface area contributed by atoms with E-state index in [1.165, 1.54) is 18.2 Å². The molecule has 16 heavy (non-hydrogen) atoms. The number of thiophene rings is 1. The van der Waals surface area contributed by atoms with Crippen molar-refractivity contribution in [3.63, 3.8) is 0 Å². The second-order valence-electron chi connectivity index (χ2n) is 2.96. The lowest BCUT2D eigenvalue weighted by molar-refractivity contribution is -0.384. The van der Waals surface area contributed by atoms with Crippen LogP contribution >= 0.6 is 11.3 Å². The molecule has 2 aromatic rings. The number of nitrogens with zero attached hydrogens (tertiary/aromatic N) is 2. The van der Waals surface area contributed by atoms with Crippen molar-refractivity contribution in [2.24, 2.45) is 0 Å². The minimum Gasteiger partial charge on any atom is -0.378 e. The summed E-state index contributed by atoms with van der Waals surface area (Å²) in [4.78, 5) is 14.3. The molecule has 2 aromatic heterocycles. The Labute approximate surface area is 93.5 Å². The van der Waals surface area contributed by atoms with Crippen LogP contribution in [0.15, 0.2) is 24.3 Å². The second kappa shape index (κ2) is 3.86. The van der Waals surface area contributed by atoms with Crippen molar-refractivity contribution in [1.29, 1.82) is 0 Å². The number of rotatable bonds is 2. The molecule has 2 rings (SSSR count). The van der Waals surface area contributed by atoms with Gasteiger partial charge < -0.3 is 5.73 Å². The van der Waals surface area contributed by atoms with Gasteiger partial charge in [0.1, 0.15) is 0 Å². The number of pyridine rings is 1. The van der Waals surface area contributed by atoms with E-state index in [-0.39, 0.29) is 16.6 Å². The van der Waals surface area contributed by atoms with Gasteiger partial charge in [0.2, 0.25) is 5.82 Å². The largest absolute Gasteiger partial charge is 0.378 e. The van der Waals surface area contributed by atoms with Crippen molar-refractivity contribution in [3.8, 4) is 10.6 Å². The van der Waals surface area contributed by atoms with Gasteiger partial charge in [-0.25, -0.2) is 4.98 Å². The maximum atomic E-state index is 12.8. The van der Waals surface area contributed by atoms with Gasteiger partial charge in [-0.05, 0) is 18.2 Å². The Kier molecular flexibility index (Phi) is 2.53. The lowest BCUT2D eigenvalue weighted by atomic mass is 10.3. The SMILES string of the molecule is Nc1nc(-c2ccc(F)s2)ccc1[N+](=O)[O-]. The van der Waals surface area contributed by atoms with Crippen molar-refractivity contribution >= 4 is 22.8 Å². The Morgan fingerprint density at radius 1 is 1.38 bits per heavy atom. The third-order valence-electron chi connectivity index (χ3n) is 1.92. The molecule has 0 radical (unpaired) electrons. The Morgan fingerprint density at radius 2 is 2.12 bits per heavy atom. The van der Waals surface area contributed by atoms with Crippen LogP contribution in [0.4, 0.5) is 15.9 Å². The fraction of sp³-hybridized carbons (Fsp3) is 0. The second-order valence-corrected chi connectivity index (χ2v) is 4.00. The Morgan fingerprint density at radius 3 is 2.62 bits per heavy atom. The molecule has 0 amide bonds. The Bertz CT molecular complexity index is 555. The predicted molar refractivity (Wildman–Crippen MR) is 58.6 cm³/mol. The molecule has 0 saturated heterocycles. The van der Waals surface area contributed by atoms with Gasteiger partial charge in [-0.15, -0.1) is 11.3 Å². The van der Waals surface area contributed by atoms with Gasteiger partial charge in [0.15, 0.2) is 5.13 Å². The zero-order valence-corrected chi connectivity index (χ0v) is 8.70. The summed E-state index contributed by atoms with van der Waals surface area (Å²) in [6, 6.07) is 5.56. The van der Waals surface area contributed by atoms with Crippen LogP contribution in [0.5, 0.6) is 0 Å². The van der Waals surface area contributed by atoms with E-state index in [1.54, 1.807) is 6.07 Å². The fourth-order valence-corrected chi connectivity index (χ4v) is 1.91. The van der Waals surface area contributed by atoms with Crippen molar-refractivity contribution < 1.29 is 9.31 Å². The molecule has 82 valence electrons. The van der Waals surface area contributed by atoms with Gasteiger partial charge in [0.25, 0.3) is 0 Å². The number of nitrogen functional groups attached to an aromatic ring is 1. The molecule has 0 saturated carbocycles. The van der Waals surface area contributed by atoms with Gasteiger partial charge in [0, 0.05) is 6.07 Å². The normalized spacial score (nSPS) is 10.3. The molecule has 7 heteroatoms. The molecule has 0 bridgehead atoms. The number of aromatic nitrogens is 1. The number of hydrogen-bond acceptors (Lipinski definition) is 5. The molecule has 0 unspecified atom stereocenters. The number of anilines is 1. The predicted octanol–water partition coefficient (Wildman–Crippen LogP) is 2.44. The molecule has 0 fully saturated rings. The first-order valence-corrected chi connectivity index (χ1v) is 5.06. The summed E-state index contributed by atoms with van der Waals surface area (Å²) in [5.41, 5.74) is 5.60. The quantitative estimate of drug-likeness (QED) is 0.644. The van der Waals surface area contributed by atoms with Crippen molar-refractivity contribution in [2.75, 3.05) is 5.73 Å². The van der Waals surface area contributed by atoms with Crippen LogP contribution in [0.3, 0.4) is 0 Å². The highest BCUT2D eigenvalue weighted by molar-refractivity contribution is 7.13. The molecule has 2 N–H and O–H groups in total. The Balaban J connectivity index is 2.45. The first kappa shape index (κ1) is 10.5. The molecule has 0 atom stereocenters. The lowest BCUT2D eigenvalue weighted by Gasteiger charge is -1.99. The van der Waals surface area contributed by atoms with E-state index >= 15 is 0 Å². The molecule has 2 heterocycles. The summed E-state index contributed by atoms with van der Waals surface area (Å²) < 4.78 is 12.8. The van der Waals surface area contributed by atoms with E-state index in [9.17, 15) is 14.5 Å². The van der Waals surface area contributed by atoms with Crippen LogP contribution in [0.25, 0.3) is 10.6 Å². The van der Waals surface area contributed by atoms with E-state index in [1.807, 2.05) is 0 Å². The van der Waals surface area contributed by atoms with Crippen LogP contribution in [-0.4, -0.2) is 9.91 Å². The summed E-state index contributed by atoms with van der Waals surface area (Å²) in [6.07, 6.45) is 0. The molecule has 0 aliphatic carbocycles. The van der Waals surface area contributed by atoms with Crippen LogP contribution in [0.1, 0.15) is 0 Å². The summed E-state index contributed by atoms with van der Waals surface area (Å²) in [6.45, 7) is 0. The number of nitro groups is 1. The smallest absolute Gasteiger partial charge is 0.311 e. The molecule has 0 aliphatic heterocycles. The zero-order valence-electron chi connectivity index (χ0n) is 7.88. The molecule has 5 nitrogen and oxygen atoms in total. The van der Waals surface area contributed by atoms with Gasteiger partial charge in [-0.3, -0.25) is 10.1 Å². The summed E-state index contributed by atoms with van der Waals surface area (Å²) in [5.74, 6) is -0.170. The van der Waals surface area contributed by atoms with E-state index in [0.717, 1.165) is 11.3 Å². The third kappa shape index (κ3) is 1.84. The maximum absolute atomic E-state index is 12.8. The topological polar surface area (TPSA) is 82.0 Å². The summed E-state index contributed by atoms with van der Waals surface area (Å²) in [7, 11) is 0. The first-order chi connectivity index (χ1) is 7.58. The van der Waals surface area contributed by atoms with Crippen LogP contribution < -0.4 is 5.73 Å². The van der Waals surface area contributed by atoms with Crippen molar-refractivity contribution in [1.82, 2.24) is 4.98 Å². The number of hydrogen-bond donors (Lipinski definition) is 1. The standard InChI is InChI=1S/C9H6FN3O2S/c10-8-4-3-7(16-8)5-1-2-6(13(14)15)9(11)12-5/h1-4H,(H2,11,12). The highest BCUT2D eigenvalue weighted by Gasteiger charge is 2.14. The average Bonchev–Trinajstić information content (AvgIpc) is 2.64. The maximum Gasteiger partial charge on any atom is 0.311 e. The van der Waals surface area contributed by atoms with E-state index in [2.05, 4.69) is 4.98 Å². The van der Waals surface area contributed by atoms with E-state index in [4.69, 9.17) is 5.73 Å². The zero-order chi connectivity index (χ0) is 11.7. The minimum absolute atomic E-state index is 0.170. The highest BCUT2D eigenvalue weighted by Crippen LogP contribution is 2.29. The monoisotopic (exact) mass is 239 g/mol. The van der Waals surface area contributed by atoms with Gasteiger partial charge >= 0.3 is 5.69 Å². The Hall–Kier alpha value is -2.02.